The molecule has 1 amide bonds. The summed E-state index contributed by atoms with van der Waals surface area (Å²) >= 11 is 1.88. The lowest BCUT2D eigenvalue weighted by molar-refractivity contribution is 0.0687. The summed E-state index contributed by atoms with van der Waals surface area (Å²) in [5, 5.41) is 0.997. The number of nitrogens with zero attached hydrogens (tertiary/aromatic N) is 2. The van der Waals surface area contributed by atoms with Gasteiger partial charge in [0.2, 0.25) is 0 Å². The van der Waals surface area contributed by atoms with Gasteiger partial charge in [0.1, 0.15) is 0 Å². The number of piperidine rings is 1. The second kappa shape index (κ2) is 7.56. The van der Waals surface area contributed by atoms with Crippen LogP contribution in [0.25, 0.3) is 10.9 Å². The topological polar surface area (TPSA) is 33.2 Å². The van der Waals surface area contributed by atoms with Gasteiger partial charge in [-0.15, -0.1) is 0 Å². The number of carbonyl (C=O) groups is 1. The molecule has 0 N–H and O–H groups in total. The van der Waals surface area contributed by atoms with Crippen LogP contribution in [0.4, 0.5) is 0 Å². The maximum Gasteiger partial charge on any atom is 0.254 e. The average molecular weight is 343 g/mol. The van der Waals surface area contributed by atoms with Gasteiger partial charge in [0.25, 0.3) is 5.91 Å². The van der Waals surface area contributed by atoms with E-state index in [0.29, 0.717) is 5.92 Å². The molecule has 2 aromatic rings. The summed E-state index contributed by atoms with van der Waals surface area (Å²) in [5.74, 6) is 1.93. The summed E-state index contributed by atoms with van der Waals surface area (Å²) in [6.07, 6.45) is 5.46. The molecule has 3 nitrogen and oxygen atoms in total. The third kappa shape index (κ3) is 3.59. The number of likely N-dealkylation sites (tertiary alicyclic amines) is 1. The zero-order valence-electron chi connectivity index (χ0n) is 14.8. The highest BCUT2D eigenvalue weighted by molar-refractivity contribution is 7.98. The molecule has 4 heteroatoms. The smallest absolute Gasteiger partial charge is 0.254 e. The Morgan fingerprint density at radius 1 is 1.38 bits per heavy atom. The summed E-state index contributed by atoms with van der Waals surface area (Å²) in [5.41, 5.74) is 3.90. The lowest BCUT2D eigenvalue weighted by atomic mass is 9.98. The number of pyridine rings is 1. The maximum atomic E-state index is 13.2. The van der Waals surface area contributed by atoms with E-state index in [1.165, 1.54) is 12.0 Å². The van der Waals surface area contributed by atoms with Crippen LogP contribution in [0.5, 0.6) is 0 Å². The molecule has 0 spiro atoms. The van der Waals surface area contributed by atoms with Gasteiger partial charge >= 0.3 is 0 Å². The Kier molecular flexibility index (Phi) is 5.44. The normalized spacial score (nSPS) is 18.1. The number of hydrogen-bond acceptors (Lipinski definition) is 3. The predicted octanol–water partition coefficient (Wildman–Crippen LogP) is 4.32. The van der Waals surface area contributed by atoms with E-state index >= 15 is 0 Å². The van der Waals surface area contributed by atoms with Crippen molar-refractivity contribution in [3.63, 3.8) is 0 Å². The standard InChI is InChI=1S/C20H26N2OS/c1-4-15-7-8-19-17(11-15)18(10-14(2)21-19)20(23)22-9-5-6-16(12-22)13-24-3/h7-8,10-11,16H,4-6,9,12-13H2,1-3H3/t16-/m1/s1. The van der Waals surface area contributed by atoms with E-state index in [-0.39, 0.29) is 5.91 Å². The molecule has 0 bridgehead atoms. The van der Waals surface area contributed by atoms with Crippen LogP contribution >= 0.6 is 11.8 Å². The van der Waals surface area contributed by atoms with E-state index in [9.17, 15) is 4.79 Å². The first-order valence-electron chi connectivity index (χ1n) is 8.81. The molecule has 1 aromatic carbocycles. The monoisotopic (exact) mass is 342 g/mol. The molecule has 1 aliphatic rings. The zero-order valence-corrected chi connectivity index (χ0v) is 15.7. The van der Waals surface area contributed by atoms with Gasteiger partial charge in [-0.05, 0) is 67.9 Å². The lowest BCUT2D eigenvalue weighted by Gasteiger charge is -2.33. The third-order valence-electron chi connectivity index (χ3n) is 4.85. The quantitative estimate of drug-likeness (QED) is 0.829. The molecule has 1 atom stereocenters. The summed E-state index contributed by atoms with van der Waals surface area (Å²) in [7, 11) is 0. The molecule has 0 saturated carbocycles. The number of aryl methyl sites for hydroxylation is 2. The van der Waals surface area contributed by atoms with E-state index in [1.54, 1.807) is 0 Å². The van der Waals surface area contributed by atoms with Gasteiger partial charge < -0.3 is 4.90 Å². The minimum absolute atomic E-state index is 0.171. The van der Waals surface area contributed by atoms with Crippen molar-refractivity contribution in [2.75, 3.05) is 25.1 Å². The number of aromatic nitrogens is 1. The summed E-state index contributed by atoms with van der Waals surface area (Å²) < 4.78 is 0. The molecule has 1 saturated heterocycles. The van der Waals surface area contributed by atoms with Gasteiger partial charge in [-0.2, -0.15) is 11.8 Å². The fraction of sp³-hybridized carbons (Fsp3) is 0.500. The third-order valence-corrected chi connectivity index (χ3v) is 5.65. The Balaban J connectivity index is 1.96. The van der Waals surface area contributed by atoms with Crippen molar-refractivity contribution >= 4 is 28.6 Å². The number of benzene rings is 1. The van der Waals surface area contributed by atoms with Crippen molar-refractivity contribution in [2.24, 2.45) is 5.92 Å². The van der Waals surface area contributed by atoms with Crippen LogP contribution < -0.4 is 0 Å². The minimum atomic E-state index is 0.171. The molecule has 24 heavy (non-hydrogen) atoms. The van der Waals surface area contributed by atoms with Crippen LogP contribution in [0.2, 0.25) is 0 Å². The highest BCUT2D eigenvalue weighted by atomic mass is 32.2. The maximum absolute atomic E-state index is 13.2. The largest absolute Gasteiger partial charge is 0.338 e. The van der Waals surface area contributed by atoms with Crippen molar-refractivity contribution in [1.29, 1.82) is 0 Å². The number of thioether (sulfide) groups is 1. The summed E-state index contributed by atoms with van der Waals surface area (Å²) in [4.78, 5) is 19.9. The van der Waals surface area contributed by atoms with Crippen molar-refractivity contribution in [1.82, 2.24) is 9.88 Å². The molecule has 1 fully saturated rings. The van der Waals surface area contributed by atoms with Crippen molar-refractivity contribution < 1.29 is 4.79 Å². The van der Waals surface area contributed by atoms with E-state index < -0.39 is 0 Å². The Morgan fingerprint density at radius 2 is 2.21 bits per heavy atom. The van der Waals surface area contributed by atoms with Crippen molar-refractivity contribution in [3.05, 3.63) is 41.1 Å². The van der Waals surface area contributed by atoms with Gasteiger partial charge in [-0.25, -0.2) is 0 Å². The first-order valence-corrected chi connectivity index (χ1v) is 10.2. The number of rotatable bonds is 4. The zero-order chi connectivity index (χ0) is 17.1. The molecule has 0 unspecified atom stereocenters. The molecular formula is C20H26N2OS. The molecule has 1 aliphatic heterocycles. The summed E-state index contributed by atoms with van der Waals surface area (Å²) in [6, 6.07) is 8.25. The lowest BCUT2D eigenvalue weighted by Crippen LogP contribution is -2.40. The molecular weight excluding hydrogens is 316 g/mol. The molecule has 0 radical (unpaired) electrons. The summed E-state index contributed by atoms with van der Waals surface area (Å²) in [6.45, 7) is 5.87. The Hall–Kier alpha value is -1.55. The van der Waals surface area contributed by atoms with Gasteiger partial charge in [0, 0.05) is 24.2 Å². The van der Waals surface area contributed by atoms with Crippen LogP contribution in [0.1, 0.15) is 41.4 Å². The van der Waals surface area contributed by atoms with Crippen molar-refractivity contribution in [2.45, 2.75) is 33.1 Å². The van der Waals surface area contributed by atoms with E-state index in [2.05, 4.69) is 35.2 Å². The second-order valence-electron chi connectivity index (χ2n) is 6.73. The molecule has 128 valence electrons. The fourth-order valence-corrected chi connectivity index (χ4v) is 4.34. The van der Waals surface area contributed by atoms with E-state index in [4.69, 9.17) is 0 Å². The Labute approximate surface area is 148 Å². The van der Waals surface area contributed by atoms with Crippen molar-refractivity contribution in [3.8, 4) is 0 Å². The molecule has 1 aromatic heterocycles. The SMILES string of the molecule is CCc1ccc2nc(C)cc(C(=O)N3CCC[C@@H](CSC)C3)c2c1. The van der Waals surface area contributed by atoms with Crippen LogP contribution in [-0.4, -0.2) is 40.9 Å². The minimum Gasteiger partial charge on any atom is -0.338 e. The van der Waals surface area contributed by atoms with Crippen LogP contribution in [0.3, 0.4) is 0 Å². The van der Waals surface area contributed by atoms with Crippen LogP contribution in [0.15, 0.2) is 24.3 Å². The molecule has 2 heterocycles. The number of amides is 1. The highest BCUT2D eigenvalue weighted by Gasteiger charge is 2.25. The fourth-order valence-electron chi connectivity index (χ4n) is 3.59. The number of carbonyl (C=O) groups excluding carboxylic acids is 1. The Bertz CT molecular complexity index is 742. The molecule has 0 aliphatic carbocycles. The van der Waals surface area contributed by atoms with Gasteiger partial charge in [-0.3, -0.25) is 9.78 Å². The highest BCUT2D eigenvalue weighted by Crippen LogP contribution is 2.25. The Morgan fingerprint density at radius 3 is 2.96 bits per heavy atom. The van der Waals surface area contributed by atoms with Gasteiger partial charge in [0.05, 0.1) is 11.1 Å². The predicted molar refractivity (Wildman–Crippen MR) is 103 cm³/mol. The average Bonchev–Trinajstić information content (AvgIpc) is 2.60. The first-order chi connectivity index (χ1) is 11.6. The van der Waals surface area contributed by atoms with Crippen LogP contribution in [0, 0.1) is 12.8 Å². The van der Waals surface area contributed by atoms with Gasteiger partial charge in [-0.1, -0.05) is 13.0 Å². The van der Waals surface area contributed by atoms with Crippen LogP contribution in [-0.2, 0) is 6.42 Å². The first kappa shape index (κ1) is 17.3. The second-order valence-corrected chi connectivity index (χ2v) is 7.64. The molecule has 3 rings (SSSR count). The van der Waals surface area contributed by atoms with E-state index in [1.807, 2.05) is 30.8 Å². The van der Waals surface area contributed by atoms with Gasteiger partial charge in [0.15, 0.2) is 0 Å². The van der Waals surface area contributed by atoms with E-state index in [0.717, 1.165) is 53.8 Å². The number of fused-ring (bicyclic) bond motifs is 1. The number of hydrogen-bond donors (Lipinski definition) is 0.